The van der Waals surface area contributed by atoms with Gasteiger partial charge in [-0.1, -0.05) is 6.92 Å². The van der Waals surface area contributed by atoms with Gasteiger partial charge in [-0.2, -0.15) is 0 Å². The molecule has 2 amide bonds. The van der Waals surface area contributed by atoms with Crippen molar-refractivity contribution in [2.24, 2.45) is 0 Å². The predicted molar refractivity (Wildman–Crippen MR) is 69.1 cm³/mol. The number of rotatable bonds is 5. The van der Waals surface area contributed by atoms with Crippen LogP contribution in [0.4, 0.5) is 0 Å². The van der Waals surface area contributed by atoms with Crippen molar-refractivity contribution in [2.45, 2.75) is 52.2 Å². The molecule has 0 aromatic carbocycles. The number of hydrogen-bond donors (Lipinski definition) is 1. The van der Waals surface area contributed by atoms with Crippen molar-refractivity contribution in [1.29, 1.82) is 0 Å². The highest BCUT2D eigenvalue weighted by Gasteiger charge is 2.32. The van der Waals surface area contributed by atoms with Crippen molar-refractivity contribution in [3.63, 3.8) is 0 Å². The van der Waals surface area contributed by atoms with E-state index in [-0.39, 0.29) is 17.4 Å². The molecule has 1 aliphatic rings. The molecule has 0 aromatic heterocycles. The van der Waals surface area contributed by atoms with Gasteiger partial charge in [-0.3, -0.25) is 9.59 Å². The first-order valence-corrected chi connectivity index (χ1v) is 6.61. The van der Waals surface area contributed by atoms with Gasteiger partial charge < -0.3 is 15.0 Å². The fraction of sp³-hybridized carbons (Fsp3) is 0.846. The van der Waals surface area contributed by atoms with Gasteiger partial charge in [0.25, 0.3) is 0 Å². The summed E-state index contributed by atoms with van der Waals surface area (Å²) in [5.41, 5.74) is -0.379. The highest BCUT2D eigenvalue weighted by molar-refractivity contribution is 5.89. The zero-order valence-corrected chi connectivity index (χ0v) is 11.8. The second kappa shape index (κ2) is 6.18. The first-order chi connectivity index (χ1) is 8.39. The van der Waals surface area contributed by atoms with Crippen molar-refractivity contribution >= 4 is 11.8 Å². The highest BCUT2D eigenvalue weighted by Crippen LogP contribution is 2.15. The molecule has 5 heteroatoms. The van der Waals surface area contributed by atoms with Gasteiger partial charge in [0, 0.05) is 26.1 Å². The molecule has 1 atom stereocenters. The van der Waals surface area contributed by atoms with E-state index in [9.17, 15) is 9.59 Å². The average Bonchev–Trinajstić information content (AvgIpc) is 2.41. The summed E-state index contributed by atoms with van der Waals surface area (Å²) < 4.78 is 5.62. The van der Waals surface area contributed by atoms with Crippen LogP contribution in [-0.2, 0) is 14.3 Å². The van der Waals surface area contributed by atoms with E-state index in [1.165, 1.54) is 0 Å². The van der Waals surface area contributed by atoms with Crippen molar-refractivity contribution < 1.29 is 14.3 Å². The fourth-order valence-electron chi connectivity index (χ4n) is 2.22. The highest BCUT2D eigenvalue weighted by atomic mass is 16.5. The van der Waals surface area contributed by atoms with E-state index in [1.54, 1.807) is 4.90 Å². The molecule has 5 nitrogen and oxygen atoms in total. The average molecular weight is 256 g/mol. The molecule has 1 saturated heterocycles. The van der Waals surface area contributed by atoms with Crippen LogP contribution in [0, 0.1) is 0 Å². The summed E-state index contributed by atoms with van der Waals surface area (Å²) in [5.74, 6) is -0.0527. The molecule has 0 saturated carbocycles. The van der Waals surface area contributed by atoms with Gasteiger partial charge >= 0.3 is 0 Å². The van der Waals surface area contributed by atoms with Crippen molar-refractivity contribution in [2.75, 3.05) is 19.7 Å². The van der Waals surface area contributed by atoms with Crippen LogP contribution in [0.5, 0.6) is 0 Å². The summed E-state index contributed by atoms with van der Waals surface area (Å²) >= 11 is 0. The minimum absolute atomic E-state index is 0.00359. The molecule has 1 N–H and O–H groups in total. The largest absolute Gasteiger partial charge is 0.374 e. The lowest BCUT2D eigenvalue weighted by atomic mass is 10.1. The Balaban J connectivity index is 2.74. The molecule has 0 aliphatic carbocycles. The Hall–Kier alpha value is -1.10. The van der Waals surface area contributed by atoms with Crippen molar-refractivity contribution in [1.82, 2.24) is 10.2 Å². The molecular weight excluding hydrogens is 232 g/mol. The van der Waals surface area contributed by atoms with E-state index in [4.69, 9.17) is 4.74 Å². The van der Waals surface area contributed by atoms with Gasteiger partial charge in [0.1, 0.15) is 6.04 Å². The van der Waals surface area contributed by atoms with Crippen molar-refractivity contribution in [3.05, 3.63) is 0 Å². The van der Waals surface area contributed by atoms with Crippen LogP contribution in [0.25, 0.3) is 0 Å². The Labute approximate surface area is 109 Å². The topological polar surface area (TPSA) is 58.6 Å². The fourth-order valence-corrected chi connectivity index (χ4v) is 2.22. The SMILES string of the molecule is CCOC(C)(C)CN1CCC(=O)NC(CC)C1=O. The van der Waals surface area contributed by atoms with E-state index < -0.39 is 6.04 Å². The molecule has 1 rings (SSSR count). The third kappa shape index (κ3) is 3.98. The van der Waals surface area contributed by atoms with Crippen LogP contribution < -0.4 is 5.32 Å². The molecule has 0 aromatic rings. The number of amides is 2. The normalized spacial score (nSPS) is 21.8. The summed E-state index contributed by atoms with van der Waals surface area (Å²) in [6.45, 7) is 9.37. The van der Waals surface area contributed by atoms with Gasteiger partial charge in [-0.05, 0) is 27.2 Å². The molecule has 1 aliphatic heterocycles. The second-order valence-corrected chi connectivity index (χ2v) is 5.23. The van der Waals surface area contributed by atoms with Gasteiger partial charge in [-0.25, -0.2) is 0 Å². The molecule has 0 spiro atoms. The lowest BCUT2D eigenvalue weighted by Crippen LogP contribution is -2.49. The summed E-state index contributed by atoms with van der Waals surface area (Å²) in [7, 11) is 0. The molecular formula is C13H24N2O3. The quantitative estimate of drug-likeness (QED) is 0.796. The van der Waals surface area contributed by atoms with E-state index in [0.717, 1.165) is 0 Å². The maximum atomic E-state index is 12.3. The number of carbonyl (C=O) groups is 2. The predicted octanol–water partition coefficient (Wildman–Crippen LogP) is 0.929. The summed E-state index contributed by atoms with van der Waals surface area (Å²) in [4.78, 5) is 25.5. The maximum absolute atomic E-state index is 12.3. The molecule has 0 radical (unpaired) electrons. The van der Waals surface area contributed by atoms with E-state index in [0.29, 0.717) is 32.5 Å². The number of carbonyl (C=O) groups excluding carboxylic acids is 2. The minimum atomic E-state index is -0.391. The summed E-state index contributed by atoms with van der Waals surface area (Å²) in [6, 6.07) is -0.391. The minimum Gasteiger partial charge on any atom is -0.374 e. The second-order valence-electron chi connectivity index (χ2n) is 5.23. The van der Waals surface area contributed by atoms with Crippen molar-refractivity contribution in [3.8, 4) is 0 Å². The van der Waals surface area contributed by atoms with Crippen LogP contribution in [-0.4, -0.2) is 48.1 Å². The summed E-state index contributed by atoms with van der Waals surface area (Å²) in [6.07, 6.45) is 0.987. The molecule has 1 heterocycles. The van der Waals surface area contributed by atoms with Gasteiger partial charge in [0.05, 0.1) is 5.60 Å². The Morgan fingerprint density at radius 1 is 1.39 bits per heavy atom. The monoisotopic (exact) mass is 256 g/mol. The van der Waals surface area contributed by atoms with E-state index >= 15 is 0 Å². The molecule has 1 fully saturated rings. The van der Waals surface area contributed by atoms with Crippen LogP contribution >= 0.6 is 0 Å². The Morgan fingerprint density at radius 3 is 2.61 bits per heavy atom. The smallest absolute Gasteiger partial charge is 0.245 e. The van der Waals surface area contributed by atoms with Crippen LogP contribution in [0.2, 0.25) is 0 Å². The number of hydrogen-bond acceptors (Lipinski definition) is 3. The van der Waals surface area contributed by atoms with Gasteiger partial charge in [0.15, 0.2) is 0 Å². The Kier molecular flexibility index (Phi) is 5.14. The zero-order valence-electron chi connectivity index (χ0n) is 11.8. The molecule has 18 heavy (non-hydrogen) atoms. The molecule has 1 unspecified atom stereocenters. The van der Waals surface area contributed by atoms with Crippen LogP contribution in [0.3, 0.4) is 0 Å². The first-order valence-electron chi connectivity index (χ1n) is 6.61. The van der Waals surface area contributed by atoms with Gasteiger partial charge in [0.2, 0.25) is 11.8 Å². The van der Waals surface area contributed by atoms with E-state index in [1.807, 2.05) is 27.7 Å². The number of nitrogens with one attached hydrogen (secondary N) is 1. The standard InChI is InChI=1S/C13H24N2O3/c1-5-10-12(17)15(8-7-11(16)14-10)9-13(3,4)18-6-2/h10H,5-9H2,1-4H3,(H,14,16). The Morgan fingerprint density at radius 2 is 2.06 bits per heavy atom. The number of ether oxygens (including phenoxy) is 1. The molecule has 104 valence electrons. The lowest BCUT2D eigenvalue weighted by Gasteiger charge is -2.32. The van der Waals surface area contributed by atoms with E-state index in [2.05, 4.69) is 5.32 Å². The van der Waals surface area contributed by atoms with Crippen LogP contribution in [0.15, 0.2) is 0 Å². The van der Waals surface area contributed by atoms with Crippen LogP contribution in [0.1, 0.15) is 40.5 Å². The number of nitrogens with zero attached hydrogens (tertiary/aromatic N) is 1. The Bertz CT molecular complexity index is 315. The summed E-state index contributed by atoms with van der Waals surface area (Å²) in [5, 5.41) is 2.76. The first kappa shape index (κ1) is 15.0. The maximum Gasteiger partial charge on any atom is 0.245 e. The van der Waals surface area contributed by atoms with Gasteiger partial charge in [-0.15, -0.1) is 0 Å². The molecule has 0 bridgehead atoms. The zero-order chi connectivity index (χ0) is 13.8. The third-order valence-electron chi connectivity index (χ3n) is 3.07. The lowest BCUT2D eigenvalue weighted by molar-refractivity contribution is -0.137. The third-order valence-corrected chi connectivity index (χ3v) is 3.07.